The highest BCUT2D eigenvalue weighted by atomic mass is 32.1. The van der Waals surface area contributed by atoms with Crippen LogP contribution in [0.15, 0.2) is 18.2 Å². The smallest absolute Gasteiger partial charge is 0.235 e. The number of fused-ring (bicyclic) bond motifs is 1. The lowest BCUT2D eigenvalue weighted by Gasteiger charge is -2.07. The standard InChI is InChI=1S/C17H18N6O2S/c1-9-14(10(2)22(3)20-9)15-18-19-17-23(15)21-16(26-17)11-6-7-12(24-4)13(8-11)25-5/h6-8H,1-5H3. The number of aryl methyl sites for hydroxylation is 2. The zero-order chi connectivity index (χ0) is 18.4. The van der Waals surface area contributed by atoms with E-state index in [9.17, 15) is 0 Å². The highest BCUT2D eigenvalue weighted by Gasteiger charge is 2.21. The Balaban J connectivity index is 1.84. The van der Waals surface area contributed by atoms with Crippen LogP contribution in [-0.4, -0.2) is 43.8 Å². The van der Waals surface area contributed by atoms with Gasteiger partial charge in [0.1, 0.15) is 5.01 Å². The molecule has 3 heterocycles. The van der Waals surface area contributed by atoms with Gasteiger partial charge in [0.15, 0.2) is 17.3 Å². The lowest BCUT2D eigenvalue weighted by Crippen LogP contribution is -1.95. The molecule has 1 aromatic carbocycles. The minimum Gasteiger partial charge on any atom is -0.493 e. The summed E-state index contributed by atoms with van der Waals surface area (Å²) in [4.78, 5) is 0.729. The van der Waals surface area contributed by atoms with E-state index in [2.05, 4.69) is 15.3 Å². The van der Waals surface area contributed by atoms with E-state index in [1.54, 1.807) is 18.7 Å². The molecule has 0 fully saturated rings. The molecule has 134 valence electrons. The molecule has 26 heavy (non-hydrogen) atoms. The molecule has 0 aliphatic heterocycles. The van der Waals surface area contributed by atoms with Gasteiger partial charge in [0.05, 0.1) is 25.5 Å². The van der Waals surface area contributed by atoms with Crippen LogP contribution in [0.1, 0.15) is 11.4 Å². The number of rotatable bonds is 4. The first kappa shape index (κ1) is 16.5. The summed E-state index contributed by atoms with van der Waals surface area (Å²) in [7, 11) is 5.15. The third kappa shape index (κ3) is 2.43. The van der Waals surface area contributed by atoms with Crippen LogP contribution in [0.25, 0.3) is 26.9 Å². The average Bonchev–Trinajstić information content (AvgIpc) is 3.29. The van der Waals surface area contributed by atoms with Gasteiger partial charge in [-0.1, -0.05) is 11.3 Å². The maximum Gasteiger partial charge on any atom is 0.235 e. The van der Waals surface area contributed by atoms with Gasteiger partial charge in [0.2, 0.25) is 4.96 Å². The van der Waals surface area contributed by atoms with Gasteiger partial charge >= 0.3 is 0 Å². The minimum absolute atomic E-state index is 0.662. The lowest BCUT2D eigenvalue weighted by molar-refractivity contribution is 0.355. The Kier molecular flexibility index (Phi) is 3.87. The molecule has 0 spiro atoms. The summed E-state index contributed by atoms with van der Waals surface area (Å²) in [6.07, 6.45) is 0. The van der Waals surface area contributed by atoms with E-state index in [1.165, 1.54) is 11.3 Å². The second-order valence-corrected chi connectivity index (χ2v) is 6.82. The van der Waals surface area contributed by atoms with E-state index >= 15 is 0 Å². The third-order valence-electron chi connectivity index (χ3n) is 4.35. The summed E-state index contributed by atoms with van der Waals surface area (Å²) < 4.78 is 14.3. The Labute approximate surface area is 154 Å². The van der Waals surface area contributed by atoms with Crippen LogP contribution in [0.3, 0.4) is 0 Å². The number of aromatic nitrogens is 6. The molecule has 0 aliphatic carbocycles. The van der Waals surface area contributed by atoms with Crippen LogP contribution in [0.2, 0.25) is 0 Å². The first-order valence-corrected chi connectivity index (χ1v) is 8.80. The molecule has 0 saturated carbocycles. The van der Waals surface area contributed by atoms with E-state index in [4.69, 9.17) is 14.6 Å². The summed E-state index contributed by atoms with van der Waals surface area (Å²) in [5, 5.41) is 18.6. The van der Waals surface area contributed by atoms with Crippen LogP contribution in [-0.2, 0) is 7.05 Å². The van der Waals surface area contributed by atoms with Gasteiger partial charge in [-0.05, 0) is 32.0 Å². The van der Waals surface area contributed by atoms with Crippen molar-refractivity contribution in [3.8, 4) is 33.5 Å². The van der Waals surface area contributed by atoms with Gasteiger partial charge in [-0.2, -0.15) is 14.7 Å². The second-order valence-electron chi connectivity index (χ2n) is 5.86. The van der Waals surface area contributed by atoms with Crippen molar-refractivity contribution in [3.05, 3.63) is 29.6 Å². The van der Waals surface area contributed by atoms with Crippen molar-refractivity contribution in [3.63, 3.8) is 0 Å². The van der Waals surface area contributed by atoms with Gasteiger partial charge in [0, 0.05) is 18.3 Å². The number of hydrogen-bond acceptors (Lipinski definition) is 7. The molecule has 0 radical (unpaired) electrons. The summed E-state index contributed by atoms with van der Waals surface area (Å²) in [5.41, 5.74) is 3.82. The number of hydrogen-bond donors (Lipinski definition) is 0. The molecular formula is C17H18N6O2S. The van der Waals surface area contributed by atoms with Crippen molar-refractivity contribution in [2.24, 2.45) is 7.05 Å². The van der Waals surface area contributed by atoms with Crippen molar-refractivity contribution >= 4 is 16.3 Å². The molecule has 0 bridgehead atoms. The second kappa shape index (κ2) is 6.10. The quantitative estimate of drug-likeness (QED) is 0.550. The molecule has 0 N–H and O–H groups in total. The van der Waals surface area contributed by atoms with Crippen molar-refractivity contribution in [2.45, 2.75) is 13.8 Å². The number of methoxy groups -OCH3 is 2. The average molecular weight is 370 g/mol. The maximum atomic E-state index is 5.39. The van der Waals surface area contributed by atoms with Crippen LogP contribution in [0, 0.1) is 13.8 Å². The Morgan fingerprint density at radius 2 is 1.77 bits per heavy atom. The third-order valence-corrected chi connectivity index (χ3v) is 5.30. The lowest BCUT2D eigenvalue weighted by atomic mass is 10.2. The molecule has 8 nitrogen and oxygen atoms in total. The largest absolute Gasteiger partial charge is 0.493 e. The Hall–Kier alpha value is -2.94. The molecule has 0 unspecified atom stereocenters. The predicted octanol–water partition coefficient (Wildman–Crippen LogP) is 2.89. The molecule has 4 aromatic rings. The predicted molar refractivity (Wildman–Crippen MR) is 98.9 cm³/mol. The molecule has 4 rings (SSSR count). The van der Waals surface area contributed by atoms with E-state index < -0.39 is 0 Å². The van der Waals surface area contributed by atoms with Crippen molar-refractivity contribution in [2.75, 3.05) is 14.2 Å². The first-order valence-electron chi connectivity index (χ1n) is 7.98. The van der Waals surface area contributed by atoms with Gasteiger partial charge < -0.3 is 9.47 Å². The van der Waals surface area contributed by atoms with Crippen LogP contribution in [0.5, 0.6) is 11.5 Å². The molecule has 0 amide bonds. The van der Waals surface area contributed by atoms with E-state index in [1.807, 2.05) is 43.8 Å². The topological polar surface area (TPSA) is 79.4 Å². The van der Waals surface area contributed by atoms with Crippen molar-refractivity contribution in [1.82, 2.24) is 29.6 Å². The highest BCUT2D eigenvalue weighted by Crippen LogP contribution is 2.35. The molecule has 3 aromatic heterocycles. The van der Waals surface area contributed by atoms with Gasteiger partial charge in [0.25, 0.3) is 0 Å². The summed E-state index contributed by atoms with van der Waals surface area (Å²) in [6.45, 7) is 3.98. The summed E-state index contributed by atoms with van der Waals surface area (Å²) in [6, 6.07) is 5.73. The fourth-order valence-electron chi connectivity index (χ4n) is 2.96. The first-order chi connectivity index (χ1) is 12.5. The van der Waals surface area contributed by atoms with Crippen LogP contribution >= 0.6 is 11.3 Å². The minimum atomic E-state index is 0.662. The number of benzene rings is 1. The van der Waals surface area contributed by atoms with E-state index in [0.29, 0.717) is 17.3 Å². The molecular weight excluding hydrogens is 352 g/mol. The van der Waals surface area contributed by atoms with Crippen LogP contribution in [0.4, 0.5) is 0 Å². The zero-order valence-corrected chi connectivity index (χ0v) is 16.0. The zero-order valence-electron chi connectivity index (χ0n) is 15.1. The number of ether oxygens (including phenoxy) is 2. The fraction of sp³-hybridized carbons (Fsp3) is 0.294. The normalized spacial score (nSPS) is 11.3. The van der Waals surface area contributed by atoms with Gasteiger partial charge in [-0.15, -0.1) is 10.2 Å². The Morgan fingerprint density at radius 1 is 1.00 bits per heavy atom. The molecule has 0 aliphatic rings. The van der Waals surface area contributed by atoms with E-state index in [-0.39, 0.29) is 0 Å². The fourth-order valence-corrected chi connectivity index (χ4v) is 3.79. The summed E-state index contributed by atoms with van der Waals surface area (Å²) in [5.74, 6) is 2.04. The van der Waals surface area contributed by atoms with Gasteiger partial charge in [-0.3, -0.25) is 4.68 Å². The van der Waals surface area contributed by atoms with Crippen molar-refractivity contribution in [1.29, 1.82) is 0 Å². The SMILES string of the molecule is COc1ccc(-c2nn3c(-c4c(C)nn(C)c4C)nnc3s2)cc1OC. The van der Waals surface area contributed by atoms with E-state index in [0.717, 1.165) is 32.5 Å². The maximum absolute atomic E-state index is 5.39. The highest BCUT2D eigenvalue weighted by molar-refractivity contribution is 7.19. The molecule has 9 heteroatoms. The van der Waals surface area contributed by atoms with Crippen molar-refractivity contribution < 1.29 is 9.47 Å². The Morgan fingerprint density at radius 3 is 2.42 bits per heavy atom. The Bertz CT molecular complexity index is 1110. The molecule has 0 atom stereocenters. The van der Waals surface area contributed by atoms with Gasteiger partial charge in [-0.25, -0.2) is 0 Å². The summed E-state index contributed by atoms with van der Waals surface area (Å²) >= 11 is 1.47. The molecule has 0 saturated heterocycles. The monoisotopic (exact) mass is 370 g/mol. The number of nitrogens with zero attached hydrogens (tertiary/aromatic N) is 6. The van der Waals surface area contributed by atoms with Crippen LogP contribution < -0.4 is 9.47 Å².